The first-order chi connectivity index (χ1) is 13.9. The topological polar surface area (TPSA) is 83.2 Å². The van der Waals surface area contributed by atoms with Gasteiger partial charge in [-0.3, -0.25) is 0 Å². The first-order valence-corrected chi connectivity index (χ1v) is 10.1. The number of fused-ring (bicyclic) bond motifs is 4. The van der Waals surface area contributed by atoms with Crippen molar-refractivity contribution in [2.24, 2.45) is 5.73 Å². The molecule has 0 amide bonds. The zero-order chi connectivity index (χ0) is 20.3. The third-order valence-corrected chi connectivity index (χ3v) is 6.39. The van der Waals surface area contributed by atoms with Crippen LogP contribution in [-0.4, -0.2) is 34.2 Å². The molecule has 0 radical (unpaired) electrons. The van der Waals surface area contributed by atoms with Crippen LogP contribution in [0.15, 0.2) is 24.4 Å². The molecule has 2 aromatic heterocycles. The Kier molecular flexibility index (Phi) is 3.97. The van der Waals surface area contributed by atoms with Crippen LogP contribution < -0.4 is 15.2 Å². The number of hydrogen-bond donors (Lipinski definition) is 1. The lowest BCUT2D eigenvalue weighted by Gasteiger charge is -2.21. The minimum Gasteiger partial charge on any atom is -0.482 e. The molecule has 29 heavy (non-hydrogen) atoms. The molecule has 0 saturated heterocycles. The monoisotopic (exact) mass is 410 g/mol. The standard InChI is InChI=1S/C21H19FN4O2S/c1-10-4-11(17-14(5-10)25-16(27-3)8-24-17)20-26-15-6-13(22)18-12(19(15)29-20)7-21(2,9-23)28-18/h4-6,8H,7,9,23H2,1-3H3/t21-/m0/s1. The fourth-order valence-electron chi connectivity index (χ4n) is 3.74. The van der Waals surface area contributed by atoms with E-state index in [1.807, 2.05) is 26.0 Å². The van der Waals surface area contributed by atoms with Gasteiger partial charge in [-0.15, -0.1) is 11.3 Å². The summed E-state index contributed by atoms with van der Waals surface area (Å²) in [6.07, 6.45) is 2.15. The molecule has 0 bridgehead atoms. The van der Waals surface area contributed by atoms with Gasteiger partial charge >= 0.3 is 0 Å². The van der Waals surface area contributed by atoms with Crippen LogP contribution in [0.4, 0.5) is 4.39 Å². The summed E-state index contributed by atoms with van der Waals surface area (Å²) >= 11 is 1.51. The third-order valence-electron chi connectivity index (χ3n) is 5.22. The molecular weight excluding hydrogens is 391 g/mol. The number of benzene rings is 2. The number of methoxy groups -OCH3 is 1. The molecule has 1 aliphatic heterocycles. The van der Waals surface area contributed by atoms with Gasteiger partial charge in [0.1, 0.15) is 10.6 Å². The quantitative estimate of drug-likeness (QED) is 0.549. The number of rotatable bonds is 3. The van der Waals surface area contributed by atoms with Crippen LogP contribution in [0.1, 0.15) is 18.1 Å². The Morgan fingerprint density at radius 1 is 1.28 bits per heavy atom. The number of aryl methyl sites for hydroxylation is 1. The van der Waals surface area contributed by atoms with Gasteiger partial charge in [-0.2, -0.15) is 0 Å². The van der Waals surface area contributed by atoms with E-state index in [0.717, 1.165) is 37.4 Å². The predicted molar refractivity (Wildman–Crippen MR) is 111 cm³/mol. The summed E-state index contributed by atoms with van der Waals surface area (Å²) in [6.45, 7) is 4.21. The first-order valence-electron chi connectivity index (χ1n) is 9.23. The average Bonchev–Trinajstić information content (AvgIpc) is 3.28. The molecule has 2 aromatic carbocycles. The second kappa shape index (κ2) is 6.33. The van der Waals surface area contributed by atoms with Gasteiger partial charge < -0.3 is 15.2 Å². The van der Waals surface area contributed by atoms with E-state index in [9.17, 15) is 4.39 Å². The van der Waals surface area contributed by atoms with Crippen molar-refractivity contribution in [2.45, 2.75) is 25.9 Å². The van der Waals surface area contributed by atoms with Gasteiger partial charge in [-0.25, -0.2) is 19.3 Å². The lowest BCUT2D eigenvalue weighted by molar-refractivity contribution is 0.121. The maximum absolute atomic E-state index is 14.7. The molecule has 0 fully saturated rings. The SMILES string of the molecule is COc1cnc2c(-c3nc4cc(F)c5c(c4s3)C[C@@](C)(CN)O5)cc(C)cc2n1. The largest absolute Gasteiger partial charge is 0.482 e. The molecule has 2 N–H and O–H groups in total. The Morgan fingerprint density at radius 2 is 2.10 bits per heavy atom. The Labute approximate surface area is 170 Å². The van der Waals surface area contributed by atoms with Crippen LogP contribution in [-0.2, 0) is 6.42 Å². The average molecular weight is 410 g/mol. The van der Waals surface area contributed by atoms with Crippen molar-refractivity contribution in [3.8, 4) is 22.2 Å². The lowest BCUT2D eigenvalue weighted by atomic mass is 9.99. The Morgan fingerprint density at radius 3 is 2.86 bits per heavy atom. The molecule has 4 aromatic rings. The number of nitrogens with two attached hydrogens (primary N) is 1. The highest BCUT2D eigenvalue weighted by molar-refractivity contribution is 7.22. The molecule has 0 unspecified atom stereocenters. The molecule has 3 heterocycles. The first kappa shape index (κ1) is 18.2. The second-order valence-electron chi connectivity index (χ2n) is 7.56. The molecule has 6 nitrogen and oxygen atoms in total. The number of thiazole rings is 1. The molecular formula is C21H19FN4O2S. The zero-order valence-electron chi connectivity index (χ0n) is 16.2. The maximum atomic E-state index is 14.7. The van der Waals surface area contributed by atoms with Gasteiger partial charge in [0.2, 0.25) is 5.88 Å². The van der Waals surface area contributed by atoms with E-state index in [-0.39, 0.29) is 0 Å². The van der Waals surface area contributed by atoms with Gasteiger partial charge in [0.25, 0.3) is 0 Å². The van der Waals surface area contributed by atoms with Crippen molar-refractivity contribution in [3.63, 3.8) is 0 Å². The van der Waals surface area contributed by atoms with E-state index in [1.54, 1.807) is 13.3 Å². The van der Waals surface area contributed by atoms with Crippen molar-refractivity contribution in [3.05, 3.63) is 41.3 Å². The van der Waals surface area contributed by atoms with Gasteiger partial charge in [0, 0.05) is 30.2 Å². The summed E-state index contributed by atoms with van der Waals surface area (Å²) in [4.78, 5) is 13.7. The molecule has 0 spiro atoms. The van der Waals surface area contributed by atoms with Crippen LogP contribution in [0, 0.1) is 12.7 Å². The molecule has 0 aliphatic carbocycles. The van der Waals surface area contributed by atoms with Crippen LogP contribution >= 0.6 is 11.3 Å². The van der Waals surface area contributed by atoms with Gasteiger partial charge in [0.15, 0.2) is 11.6 Å². The summed E-state index contributed by atoms with van der Waals surface area (Å²) in [5.41, 5.74) is 10.1. The molecule has 148 valence electrons. The smallest absolute Gasteiger partial charge is 0.232 e. The number of hydrogen-bond acceptors (Lipinski definition) is 7. The summed E-state index contributed by atoms with van der Waals surface area (Å²) in [5, 5.41) is 0.766. The maximum Gasteiger partial charge on any atom is 0.232 e. The number of nitrogens with zero attached hydrogens (tertiary/aromatic N) is 3. The molecule has 0 saturated carbocycles. The molecule has 5 rings (SSSR count). The van der Waals surface area contributed by atoms with Gasteiger partial charge in [-0.05, 0) is 31.5 Å². The highest BCUT2D eigenvalue weighted by atomic mass is 32.1. The van der Waals surface area contributed by atoms with Crippen LogP contribution in [0.2, 0.25) is 0 Å². The van der Waals surface area contributed by atoms with Crippen molar-refractivity contribution in [1.29, 1.82) is 0 Å². The Bertz CT molecular complexity index is 1290. The fourth-order valence-corrected chi connectivity index (χ4v) is 4.84. The van der Waals surface area contributed by atoms with Gasteiger partial charge in [-0.1, -0.05) is 0 Å². The highest BCUT2D eigenvalue weighted by Crippen LogP contribution is 2.45. The minimum absolute atomic E-state index is 0.291. The Balaban J connectivity index is 1.73. The van der Waals surface area contributed by atoms with Crippen molar-refractivity contribution in [2.75, 3.05) is 13.7 Å². The minimum atomic E-state index is -0.598. The van der Waals surface area contributed by atoms with E-state index in [4.69, 9.17) is 20.2 Å². The molecule has 1 atom stereocenters. The van der Waals surface area contributed by atoms with Crippen LogP contribution in [0.5, 0.6) is 11.6 Å². The summed E-state index contributed by atoms with van der Waals surface area (Å²) < 4.78 is 26.6. The van der Waals surface area contributed by atoms with E-state index in [1.165, 1.54) is 17.4 Å². The Hall–Kier alpha value is -2.84. The number of aromatic nitrogens is 3. The number of halogens is 1. The van der Waals surface area contributed by atoms with E-state index in [0.29, 0.717) is 30.1 Å². The fraction of sp³-hybridized carbons (Fsp3) is 0.286. The molecule has 8 heteroatoms. The van der Waals surface area contributed by atoms with Crippen LogP contribution in [0.25, 0.3) is 31.8 Å². The van der Waals surface area contributed by atoms with E-state index < -0.39 is 11.4 Å². The van der Waals surface area contributed by atoms with E-state index >= 15 is 0 Å². The van der Waals surface area contributed by atoms with Crippen LogP contribution in [0.3, 0.4) is 0 Å². The normalized spacial score (nSPS) is 18.2. The van der Waals surface area contributed by atoms with Crippen molar-refractivity contribution < 1.29 is 13.9 Å². The second-order valence-corrected chi connectivity index (χ2v) is 8.56. The summed E-state index contributed by atoms with van der Waals surface area (Å²) in [6, 6.07) is 5.42. The van der Waals surface area contributed by atoms with Crippen molar-refractivity contribution in [1.82, 2.24) is 15.0 Å². The van der Waals surface area contributed by atoms with Gasteiger partial charge in [0.05, 0.1) is 34.6 Å². The van der Waals surface area contributed by atoms with E-state index in [2.05, 4.69) is 9.97 Å². The molecule has 1 aliphatic rings. The highest BCUT2D eigenvalue weighted by Gasteiger charge is 2.37. The third kappa shape index (κ3) is 2.82. The summed E-state index contributed by atoms with van der Waals surface area (Å²) in [7, 11) is 1.56. The summed E-state index contributed by atoms with van der Waals surface area (Å²) in [5.74, 6) is 0.343. The zero-order valence-corrected chi connectivity index (χ0v) is 17.1. The number of ether oxygens (including phenoxy) is 2. The predicted octanol–water partition coefficient (Wildman–Crippen LogP) is 4.01. The lowest BCUT2D eigenvalue weighted by Crippen LogP contribution is -2.39. The van der Waals surface area contributed by atoms with Crippen molar-refractivity contribution >= 4 is 32.6 Å².